The molecule has 13 heteroatoms. The first-order chi connectivity index (χ1) is 31.5. The fourth-order valence-corrected chi connectivity index (χ4v) is 8.57. The van der Waals surface area contributed by atoms with Crippen LogP contribution in [0, 0.1) is 0 Å². The van der Waals surface area contributed by atoms with Crippen molar-refractivity contribution in [3.63, 3.8) is 0 Å². The number of carbonyl (C=O) groups excluding carboxylic acids is 2. The molecule has 0 aromatic rings. The van der Waals surface area contributed by atoms with Crippen LogP contribution in [-0.4, -0.2) is 96.0 Å². The summed E-state index contributed by atoms with van der Waals surface area (Å²) in [4.78, 5) is 25.5. The predicted molar refractivity (Wildman–Crippen MR) is 261 cm³/mol. The Hall–Kier alpha value is -2.13. The van der Waals surface area contributed by atoms with Crippen molar-refractivity contribution >= 4 is 22.1 Å². The lowest BCUT2D eigenvalue weighted by atomic mass is 10.00. The number of hydrogen-bond donors (Lipinski definition) is 4. The minimum Gasteiger partial charge on any atom is -0.462 e. The van der Waals surface area contributed by atoms with Crippen LogP contribution in [0.4, 0.5) is 0 Å². The van der Waals surface area contributed by atoms with E-state index in [9.17, 15) is 37.9 Å². The van der Waals surface area contributed by atoms with Crippen LogP contribution in [0.1, 0.15) is 226 Å². The molecule has 1 aliphatic rings. The molecule has 0 amide bonds. The molecule has 0 spiro atoms. The average Bonchev–Trinajstić information content (AvgIpc) is 3.27. The number of aliphatic hydroxyl groups excluding tert-OH is 3. The van der Waals surface area contributed by atoms with Crippen molar-refractivity contribution < 1.29 is 56.8 Å². The van der Waals surface area contributed by atoms with E-state index in [0.29, 0.717) is 12.8 Å². The van der Waals surface area contributed by atoms with E-state index in [-0.39, 0.29) is 19.4 Å². The number of rotatable bonds is 44. The van der Waals surface area contributed by atoms with Gasteiger partial charge in [-0.05, 0) is 70.6 Å². The summed E-state index contributed by atoms with van der Waals surface area (Å²) in [6.45, 7) is 3.76. The van der Waals surface area contributed by atoms with Crippen molar-refractivity contribution in [3.8, 4) is 0 Å². The second-order valence-electron chi connectivity index (χ2n) is 18.2. The van der Waals surface area contributed by atoms with Crippen LogP contribution in [0.25, 0.3) is 0 Å². The van der Waals surface area contributed by atoms with Crippen molar-refractivity contribution in [3.05, 3.63) is 36.5 Å². The fourth-order valence-electron chi connectivity index (χ4n) is 7.88. The molecule has 4 N–H and O–H groups in total. The minimum atomic E-state index is -4.61. The van der Waals surface area contributed by atoms with Gasteiger partial charge in [0.25, 0.3) is 10.1 Å². The SMILES string of the molecule is CCCCCC/C=C\C/C=C\CCCCCCCCCC(=O)OC(COC(=O)CCCCCCCCCCC/C=C\CCCCCCCC)COC1OC(CS(=O)(=O)O)C(O)C(O)C1O. The second-order valence-corrected chi connectivity index (χ2v) is 19.7. The molecule has 1 saturated heterocycles. The quantitative estimate of drug-likeness (QED) is 0.0196. The molecule has 0 aromatic carbocycles. The number of ether oxygens (including phenoxy) is 4. The van der Waals surface area contributed by atoms with Gasteiger partial charge in [0, 0.05) is 12.8 Å². The van der Waals surface area contributed by atoms with Crippen molar-refractivity contribution in [2.24, 2.45) is 0 Å². The zero-order valence-electron chi connectivity index (χ0n) is 40.8. The molecule has 12 nitrogen and oxygen atoms in total. The number of hydrogen-bond acceptors (Lipinski definition) is 11. The molecule has 0 aliphatic carbocycles. The van der Waals surface area contributed by atoms with E-state index >= 15 is 0 Å². The molecule has 0 saturated carbocycles. The fraction of sp³-hybridized carbons (Fsp3) is 0.846. The van der Waals surface area contributed by atoms with Crippen LogP contribution in [0.15, 0.2) is 36.5 Å². The Morgan fingerprint density at radius 1 is 0.523 bits per heavy atom. The van der Waals surface area contributed by atoms with Crippen LogP contribution >= 0.6 is 0 Å². The Morgan fingerprint density at radius 3 is 1.38 bits per heavy atom. The molecule has 1 rings (SSSR count). The first-order valence-electron chi connectivity index (χ1n) is 26.0. The molecular weight excluding hydrogens is 849 g/mol. The van der Waals surface area contributed by atoms with Crippen LogP contribution in [0.2, 0.25) is 0 Å². The zero-order valence-corrected chi connectivity index (χ0v) is 41.7. The van der Waals surface area contributed by atoms with Gasteiger partial charge in [-0.25, -0.2) is 0 Å². The highest BCUT2D eigenvalue weighted by Gasteiger charge is 2.46. The van der Waals surface area contributed by atoms with Gasteiger partial charge < -0.3 is 34.3 Å². The molecule has 1 heterocycles. The number of unbranched alkanes of at least 4 members (excludes halogenated alkanes) is 26. The monoisotopic (exact) mass is 943 g/mol. The molecule has 0 bridgehead atoms. The van der Waals surface area contributed by atoms with Crippen molar-refractivity contribution in [2.45, 2.75) is 263 Å². The van der Waals surface area contributed by atoms with Crippen LogP contribution in [-0.2, 0) is 38.7 Å². The third-order valence-electron chi connectivity index (χ3n) is 11.9. The lowest BCUT2D eigenvalue weighted by Gasteiger charge is -2.40. The third-order valence-corrected chi connectivity index (χ3v) is 12.7. The molecule has 6 unspecified atom stereocenters. The zero-order chi connectivity index (χ0) is 47.6. The van der Waals surface area contributed by atoms with Gasteiger partial charge >= 0.3 is 11.9 Å². The average molecular weight is 943 g/mol. The molecule has 0 aromatic heterocycles. The summed E-state index contributed by atoms with van der Waals surface area (Å²) in [6, 6.07) is 0. The van der Waals surface area contributed by atoms with E-state index in [4.69, 9.17) is 18.9 Å². The summed E-state index contributed by atoms with van der Waals surface area (Å²) >= 11 is 0. The highest BCUT2D eigenvalue weighted by molar-refractivity contribution is 7.85. The van der Waals surface area contributed by atoms with Gasteiger partial charge in [-0.1, -0.05) is 179 Å². The molecule has 0 radical (unpaired) electrons. The maximum absolute atomic E-state index is 12.9. The van der Waals surface area contributed by atoms with E-state index in [1.54, 1.807) is 0 Å². The maximum Gasteiger partial charge on any atom is 0.306 e. The molecule has 380 valence electrons. The summed E-state index contributed by atoms with van der Waals surface area (Å²) in [6.07, 6.45) is 40.3. The number of allylic oxidation sites excluding steroid dienone is 6. The lowest BCUT2D eigenvalue weighted by Crippen LogP contribution is -2.60. The van der Waals surface area contributed by atoms with Gasteiger partial charge in [-0.2, -0.15) is 8.42 Å². The first-order valence-corrected chi connectivity index (χ1v) is 27.7. The normalized spacial score (nSPS) is 19.8. The number of carbonyl (C=O) groups is 2. The molecule has 65 heavy (non-hydrogen) atoms. The molecule has 1 aliphatic heterocycles. The summed E-state index contributed by atoms with van der Waals surface area (Å²) in [5.74, 6) is -1.99. The van der Waals surface area contributed by atoms with Crippen molar-refractivity contribution in [1.29, 1.82) is 0 Å². The maximum atomic E-state index is 12.9. The van der Waals surface area contributed by atoms with E-state index in [1.807, 2.05) is 0 Å². The van der Waals surface area contributed by atoms with Crippen molar-refractivity contribution in [2.75, 3.05) is 19.0 Å². The highest BCUT2D eigenvalue weighted by Crippen LogP contribution is 2.24. The topological polar surface area (TPSA) is 186 Å². The smallest absolute Gasteiger partial charge is 0.306 e. The summed E-state index contributed by atoms with van der Waals surface area (Å²) in [5, 5.41) is 31.0. The Bertz CT molecular complexity index is 1330. The lowest BCUT2D eigenvalue weighted by molar-refractivity contribution is -0.297. The van der Waals surface area contributed by atoms with Crippen LogP contribution < -0.4 is 0 Å². The summed E-state index contributed by atoms with van der Waals surface area (Å²) in [5.41, 5.74) is 0. The van der Waals surface area contributed by atoms with E-state index in [1.165, 1.54) is 128 Å². The standard InChI is InChI=1S/C52H94O12S/c1-3-5-7-9-11-13-15-17-19-21-23-25-26-28-30-32-34-36-38-40-47(53)61-42-45(43-62-52-51(57)50(56)49(55)46(64-52)44-65(58,59)60)63-48(54)41-39-37-35-33-31-29-27-24-22-20-18-16-14-12-10-8-6-4-2/h14,16-17,19-20,22,45-46,49-52,55-57H,3-13,15,18,21,23-44H2,1-2H3,(H,58,59,60)/b16-14-,19-17-,22-20-. The van der Waals surface area contributed by atoms with Gasteiger partial charge in [0.05, 0.1) is 6.61 Å². The Balaban J connectivity index is 2.38. The van der Waals surface area contributed by atoms with Gasteiger partial charge in [-0.3, -0.25) is 14.1 Å². The first kappa shape index (κ1) is 60.9. The molecule has 1 fully saturated rings. The molecular formula is C52H94O12S. The van der Waals surface area contributed by atoms with E-state index in [0.717, 1.165) is 57.8 Å². The largest absolute Gasteiger partial charge is 0.462 e. The van der Waals surface area contributed by atoms with Gasteiger partial charge in [0.2, 0.25) is 0 Å². The number of aliphatic hydroxyl groups is 3. The Kier molecular flexibility index (Phi) is 39.4. The number of esters is 2. The van der Waals surface area contributed by atoms with Gasteiger partial charge in [0.15, 0.2) is 12.4 Å². The second kappa shape index (κ2) is 42.0. The summed E-state index contributed by atoms with van der Waals surface area (Å²) < 4.78 is 54.2. The Labute approximate surface area is 395 Å². The van der Waals surface area contributed by atoms with Gasteiger partial charge in [0.1, 0.15) is 36.8 Å². The van der Waals surface area contributed by atoms with Crippen LogP contribution in [0.5, 0.6) is 0 Å². The van der Waals surface area contributed by atoms with Crippen LogP contribution in [0.3, 0.4) is 0 Å². The van der Waals surface area contributed by atoms with Gasteiger partial charge in [-0.15, -0.1) is 0 Å². The third kappa shape index (κ3) is 36.6. The minimum absolute atomic E-state index is 0.156. The highest BCUT2D eigenvalue weighted by atomic mass is 32.2. The van der Waals surface area contributed by atoms with E-state index in [2.05, 4.69) is 50.3 Å². The summed E-state index contributed by atoms with van der Waals surface area (Å²) in [7, 11) is -4.61. The van der Waals surface area contributed by atoms with Crippen molar-refractivity contribution in [1.82, 2.24) is 0 Å². The predicted octanol–water partition coefficient (Wildman–Crippen LogP) is 11.7. The van der Waals surface area contributed by atoms with E-state index < -0.39 is 71.2 Å². The molecule has 6 atom stereocenters. The Morgan fingerprint density at radius 2 is 0.923 bits per heavy atom.